The van der Waals surface area contributed by atoms with Crippen LogP contribution in [0.4, 0.5) is 10.1 Å². The zero-order valence-corrected chi connectivity index (χ0v) is 10.3. The fraction of sp³-hybridized carbons (Fsp3) is 0.0833. The normalized spacial score (nSPS) is 9.94. The number of anilines is 1. The molecule has 1 aromatic heterocycles. The highest BCUT2D eigenvalue weighted by Crippen LogP contribution is 2.21. The summed E-state index contributed by atoms with van der Waals surface area (Å²) in [6.07, 6.45) is 0. The van der Waals surface area contributed by atoms with Gasteiger partial charge in [-0.3, -0.25) is 0 Å². The van der Waals surface area contributed by atoms with Crippen LogP contribution in [0.3, 0.4) is 0 Å². The molecular formula is C12H8ClFN2S. The Morgan fingerprint density at radius 3 is 2.88 bits per heavy atom. The zero-order valence-electron chi connectivity index (χ0n) is 8.71. The summed E-state index contributed by atoms with van der Waals surface area (Å²) >= 11 is 7.35. The van der Waals surface area contributed by atoms with Crippen LogP contribution in [0.2, 0.25) is 5.02 Å². The van der Waals surface area contributed by atoms with Crippen LogP contribution in [0.25, 0.3) is 0 Å². The van der Waals surface area contributed by atoms with Gasteiger partial charge in [0, 0.05) is 22.5 Å². The van der Waals surface area contributed by atoms with Crippen LogP contribution in [-0.4, -0.2) is 0 Å². The second-order valence-corrected chi connectivity index (χ2v) is 4.82. The van der Waals surface area contributed by atoms with Gasteiger partial charge in [-0.25, -0.2) is 4.39 Å². The molecule has 1 aromatic carbocycles. The molecule has 1 N–H and O–H groups in total. The Morgan fingerprint density at radius 1 is 1.41 bits per heavy atom. The Bertz CT molecular complexity index is 574. The van der Waals surface area contributed by atoms with Crippen molar-refractivity contribution in [3.8, 4) is 6.07 Å². The number of rotatable bonds is 3. The molecule has 0 amide bonds. The van der Waals surface area contributed by atoms with E-state index in [1.807, 2.05) is 11.4 Å². The van der Waals surface area contributed by atoms with Crippen molar-refractivity contribution in [2.24, 2.45) is 0 Å². The Kier molecular flexibility index (Phi) is 3.62. The number of thiophene rings is 1. The zero-order chi connectivity index (χ0) is 12.3. The number of halogens is 2. The second-order valence-electron chi connectivity index (χ2n) is 3.39. The van der Waals surface area contributed by atoms with Gasteiger partial charge in [0.05, 0.1) is 10.6 Å². The van der Waals surface area contributed by atoms with Crippen molar-refractivity contribution in [1.82, 2.24) is 0 Å². The fourth-order valence-electron chi connectivity index (χ4n) is 1.36. The van der Waals surface area contributed by atoms with E-state index in [0.717, 1.165) is 4.88 Å². The van der Waals surface area contributed by atoms with Crippen molar-refractivity contribution in [3.05, 3.63) is 50.9 Å². The van der Waals surface area contributed by atoms with E-state index in [2.05, 4.69) is 5.32 Å². The van der Waals surface area contributed by atoms with E-state index in [-0.39, 0.29) is 5.56 Å². The molecule has 0 aliphatic rings. The fourth-order valence-corrected chi connectivity index (χ4v) is 2.37. The van der Waals surface area contributed by atoms with Crippen LogP contribution < -0.4 is 5.32 Å². The molecule has 1 heterocycles. The second kappa shape index (κ2) is 5.17. The van der Waals surface area contributed by atoms with Crippen molar-refractivity contribution in [3.63, 3.8) is 0 Å². The lowest BCUT2D eigenvalue weighted by Gasteiger charge is -2.05. The monoisotopic (exact) mass is 266 g/mol. The molecule has 2 rings (SSSR count). The van der Waals surface area contributed by atoms with Gasteiger partial charge in [0.15, 0.2) is 0 Å². The van der Waals surface area contributed by atoms with Crippen molar-refractivity contribution < 1.29 is 4.39 Å². The Hall–Kier alpha value is -1.57. The molecule has 0 saturated carbocycles. The molecule has 86 valence electrons. The largest absolute Gasteiger partial charge is 0.380 e. The number of hydrogen-bond donors (Lipinski definition) is 1. The minimum Gasteiger partial charge on any atom is -0.380 e. The predicted molar refractivity (Wildman–Crippen MR) is 67.8 cm³/mol. The summed E-state index contributed by atoms with van der Waals surface area (Å²) in [7, 11) is 0. The molecule has 0 bridgehead atoms. The average Bonchev–Trinajstić information content (AvgIpc) is 2.74. The molecule has 2 aromatic rings. The SMILES string of the molecule is N#Cc1cc(NCc2cc(Cl)cs2)ccc1F. The summed E-state index contributed by atoms with van der Waals surface area (Å²) in [5.41, 5.74) is 0.756. The third-order valence-corrected chi connectivity index (χ3v) is 3.46. The minimum absolute atomic E-state index is 0.0409. The number of nitriles is 1. The van der Waals surface area contributed by atoms with Gasteiger partial charge in [0.25, 0.3) is 0 Å². The number of nitrogens with zero attached hydrogens (tertiary/aromatic N) is 1. The third kappa shape index (κ3) is 2.96. The van der Waals surface area contributed by atoms with Crippen LogP contribution >= 0.6 is 22.9 Å². The lowest BCUT2D eigenvalue weighted by Crippen LogP contribution is -1.98. The van der Waals surface area contributed by atoms with E-state index < -0.39 is 5.82 Å². The summed E-state index contributed by atoms with van der Waals surface area (Å²) in [4.78, 5) is 1.08. The lowest BCUT2D eigenvalue weighted by molar-refractivity contribution is 0.624. The molecule has 0 aliphatic heterocycles. The molecule has 0 radical (unpaired) electrons. The first-order valence-corrected chi connectivity index (χ1v) is 6.11. The van der Waals surface area contributed by atoms with Crippen LogP contribution in [0, 0.1) is 17.1 Å². The maximum atomic E-state index is 13.1. The number of benzene rings is 1. The first kappa shape index (κ1) is 11.9. The van der Waals surface area contributed by atoms with E-state index >= 15 is 0 Å². The molecule has 17 heavy (non-hydrogen) atoms. The number of nitrogens with one attached hydrogen (secondary N) is 1. The van der Waals surface area contributed by atoms with E-state index in [9.17, 15) is 4.39 Å². The van der Waals surface area contributed by atoms with Crippen LogP contribution in [0.5, 0.6) is 0 Å². The summed E-state index contributed by atoms with van der Waals surface area (Å²) in [6.45, 7) is 0.605. The Labute approximate surface area is 107 Å². The van der Waals surface area contributed by atoms with Gasteiger partial charge in [-0.05, 0) is 24.3 Å². The van der Waals surface area contributed by atoms with Crippen molar-refractivity contribution in [2.75, 3.05) is 5.32 Å². The molecular weight excluding hydrogens is 259 g/mol. The van der Waals surface area contributed by atoms with E-state index in [4.69, 9.17) is 16.9 Å². The van der Waals surface area contributed by atoms with Gasteiger partial charge in [-0.2, -0.15) is 5.26 Å². The predicted octanol–water partition coefficient (Wildman–Crippen LogP) is 4.02. The van der Waals surface area contributed by atoms with Crippen LogP contribution in [0.15, 0.2) is 29.6 Å². The standard InChI is InChI=1S/C12H8ClFN2S/c13-9-4-11(17-7-9)6-16-10-1-2-12(14)8(3-10)5-15/h1-4,7,16H,6H2. The Morgan fingerprint density at radius 2 is 2.24 bits per heavy atom. The quantitative estimate of drug-likeness (QED) is 0.911. The maximum absolute atomic E-state index is 13.1. The molecule has 5 heteroatoms. The maximum Gasteiger partial charge on any atom is 0.141 e. The van der Waals surface area contributed by atoms with Gasteiger partial charge in [-0.15, -0.1) is 11.3 Å². The average molecular weight is 267 g/mol. The van der Waals surface area contributed by atoms with Crippen molar-refractivity contribution in [2.45, 2.75) is 6.54 Å². The van der Waals surface area contributed by atoms with Gasteiger partial charge in [-0.1, -0.05) is 11.6 Å². The van der Waals surface area contributed by atoms with Crippen molar-refractivity contribution in [1.29, 1.82) is 5.26 Å². The molecule has 0 fully saturated rings. The third-order valence-electron chi connectivity index (χ3n) is 2.18. The smallest absolute Gasteiger partial charge is 0.141 e. The lowest BCUT2D eigenvalue weighted by atomic mass is 10.2. The first-order chi connectivity index (χ1) is 8.19. The molecule has 2 nitrogen and oxygen atoms in total. The summed E-state index contributed by atoms with van der Waals surface area (Å²) < 4.78 is 13.1. The molecule has 0 unspecified atom stereocenters. The summed E-state index contributed by atoms with van der Waals surface area (Å²) in [5.74, 6) is -0.503. The van der Waals surface area contributed by atoms with Gasteiger partial charge >= 0.3 is 0 Å². The van der Waals surface area contributed by atoms with Crippen LogP contribution in [-0.2, 0) is 6.54 Å². The highest BCUT2D eigenvalue weighted by Gasteiger charge is 2.03. The first-order valence-electron chi connectivity index (χ1n) is 4.85. The van der Waals surface area contributed by atoms with E-state index in [1.54, 1.807) is 23.5 Å². The van der Waals surface area contributed by atoms with E-state index in [1.165, 1.54) is 12.1 Å². The topological polar surface area (TPSA) is 35.8 Å². The number of hydrogen-bond acceptors (Lipinski definition) is 3. The van der Waals surface area contributed by atoms with Crippen molar-refractivity contribution >= 4 is 28.6 Å². The summed E-state index contributed by atoms with van der Waals surface area (Å²) in [6, 6.07) is 8.05. The van der Waals surface area contributed by atoms with Gasteiger partial charge in [0.2, 0.25) is 0 Å². The minimum atomic E-state index is -0.503. The molecule has 0 aliphatic carbocycles. The van der Waals surface area contributed by atoms with Crippen LogP contribution in [0.1, 0.15) is 10.4 Å². The summed E-state index contributed by atoms with van der Waals surface area (Å²) in [5, 5.41) is 14.4. The Balaban J connectivity index is 2.07. The molecule has 0 saturated heterocycles. The molecule has 0 atom stereocenters. The highest BCUT2D eigenvalue weighted by molar-refractivity contribution is 7.10. The molecule has 0 spiro atoms. The highest BCUT2D eigenvalue weighted by atomic mass is 35.5. The van der Waals surface area contributed by atoms with Gasteiger partial charge in [0.1, 0.15) is 11.9 Å². The van der Waals surface area contributed by atoms with E-state index in [0.29, 0.717) is 17.3 Å². The van der Waals surface area contributed by atoms with Gasteiger partial charge < -0.3 is 5.32 Å².